The first-order valence-corrected chi connectivity index (χ1v) is 10.3. The molecule has 154 valence electrons. The van der Waals surface area contributed by atoms with E-state index in [9.17, 15) is 4.79 Å². The van der Waals surface area contributed by atoms with Gasteiger partial charge in [-0.25, -0.2) is 4.68 Å². The van der Waals surface area contributed by atoms with Crippen LogP contribution in [0, 0.1) is 20.8 Å². The lowest BCUT2D eigenvalue weighted by molar-refractivity contribution is 0.102. The number of carbonyl (C=O) groups is 1. The summed E-state index contributed by atoms with van der Waals surface area (Å²) < 4.78 is 6.30. The van der Waals surface area contributed by atoms with Crippen molar-refractivity contribution in [2.24, 2.45) is 0 Å². The summed E-state index contributed by atoms with van der Waals surface area (Å²) in [6.07, 6.45) is 5.22. The molecule has 0 aliphatic heterocycles. The predicted molar refractivity (Wildman–Crippen MR) is 117 cm³/mol. The molecule has 0 saturated carbocycles. The third-order valence-electron chi connectivity index (χ3n) is 4.93. The molecule has 0 saturated heterocycles. The van der Waals surface area contributed by atoms with Gasteiger partial charge < -0.3 is 5.32 Å². The van der Waals surface area contributed by atoms with Gasteiger partial charge in [-0.2, -0.15) is 15.3 Å². The van der Waals surface area contributed by atoms with Gasteiger partial charge in [-0.1, -0.05) is 24.3 Å². The number of halogens is 1. The van der Waals surface area contributed by atoms with Crippen molar-refractivity contribution in [1.29, 1.82) is 0 Å². The topological polar surface area (TPSA) is 82.6 Å². The largest absolute Gasteiger partial charge is 0.318 e. The number of anilines is 1. The maximum absolute atomic E-state index is 12.6. The zero-order chi connectivity index (χ0) is 21.3. The van der Waals surface area contributed by atoms with Crippen molar-refractivity contribution in [2.75, 3.05) is 5.32 Å². The third kappa shape index (κ3) is 4.20. The van der Waals surface area contributed by atoms with E-state index in [1.165, 1.54) is 11.1 Å². The van der Waals surface area contributed by atoms with Gasteiger partial charge in [0, 0.05) is 12.4 Å². The summed E-state index contributed by atoms with van der Waals surface area (Å²) in [6.45, 7) is 7.07. The van der Waals surface area contributed by atoms with E-state index in [-0.39, 0.29) is 5.91 Å². The van der Waals surface area contributed by atoms with E-state index >= 15 is 0 Å². The first kappa shape index (κ1) is 20.1. The summed E-state index contributed by atoms with van der Waals surface area (Å²) in [4.78, 5) is 12.6. The Bertz CT molecular complexity index is 1200. The summed E-state index contributed by atoms with van der Waals surface area (Å²) >= 11 is 3.52. The lowest BCUT2D eigenvalue weighted by Crippen LogP contribution is -2.15. The molecule has 4 aromatic rings. The molecule has 4 rings (SSSR count). The van der Waals surface area contributed by atoms with Crippen LogP contribution in [-0.2, 0) is 13.2 Å². The van der Waals surface area contributed by atoms with Gasteiger partial charge in [0.15, 0.2) is 5.69 Å². The van der Waals surface area contributed by atoms with Crippen molar-refractivity contribution in [3.8, 4) is 0 Å². The van der Waals surface area contributed by atoms with Gasteiger partial charge >= 0.3 is 0 Å². The van der Waals surface area contributed by atoms with Crippen LogP contribution in [0.3, 0.4) is 0 Å². The molecule has 3 aromatic heterocycles. The molecule has 0 spiro atoms. The number of aryl methyl sites for hydroxylation is 2. The zero-order valence-corrected chi connectivity index (χ0v) is 18.6. The summed E-state index contributed by atoms with van der Waals surface area (Å²) in [7, 11) is 0. The molecule has 9 heteroatoms. The summed E-state index contributed by atoms with van der Waals surface area (Å²) in [5.41, 5.74) is 5.29. The number of aromatic nitrogens is 6. The molecule has 30 heavy (non-hydrogen) atoms. The van der Waals surface area contributed by atoms with Crippen molar-refractivity contribution in [3.05, 3.63) is 81.6 Å². The van der Waals surface area contributed by atoms with E-state index in [0.717, 1.165) is 15.9 Å². The lowest BCUT2D eigenvalue weighted by Gasteiger charge is -2.05. The van der Waals surface area contributed by atoms with Crippen molar-refractivity contribution in [3.63, 3.8) is 0 Å². The van der Waals surface area contributed by atoms with Gasteiger partial charge in [-0.15, -0.1) is 0 Å². The Labute approximate surface area is 182 Å². The lowest BCUT2D eigenvalue weighted by atomic mass is 10.1. The van der Waals surface area contributed by atoms with E-state index < -0.39 is 0 Å². The number of rotatable bonds is 6. The third-order valence-corrected chi connectivity index (χ3v) is 6.08. The minimum Gasteiger partial charge on any atom is -0.318 e. The van der Waals surface area contributed by atoms with Crippen LogP contribution in [0.5, 0.6) is 0 Å². The molecule has 0 fully saturated rings. The molecule has 1 aromatic carbocycles. The molecule has 0 aliphatic rings. The highest BCUT2D eigenvalue weighted by atomic mass is 79.9. The highest BCUT2D eigenvalue weighted by Gasteiger charge is 2.13. The zero-order valence-electron chi connectivity index (χ0n) is 17.0. The van der Waals surface area contributed by atoms with Crippen molar-refractivity contribution >= 4 is 27.5 Å². The van der Waals surface area contributed by atoms with Gasteiger partial charge in [-0.05, 0) is 53.9 Å². The molecule has 1 amide bonds. The Kier molecular flexibility index (Phi) is 5.54. The normalized spacial score (nSPS) is 11.1. The SMILES string of the molecule is Cc1ccccc1Cn1cc(NC(=O)c2ccn(Cn3nc(C)c(Br)c3C)n2)cn1. The van der Waals surface area contributed by atoms with E-state index in [1.807, 2.05) is 36.9 Å². The van der Waals surface area contributed by atoms with E-state index in [4.69, 9.17) is 0 Å². The molecule has 3 heterocycles. The van der Waals surface area contributed by atoms with E-state index in [0.29, 0.717) is 24.6 Å². The first-order chi connectivity index (χ1) is 14.4. The quantitative estimate of drug-likeness (QED) is 0.467. The second kappa shape index (κ2) is 8.27. The molecule has 0 bridgehead atoms. The highest BCUT2D eigenvalue weighted by molar-refractivity contribution is 9.10. The number of hydrogen-bond acceptors (Lipinski definition) is 4. The Balaban J connectivity index is 1.41. The van der Waals surface area contributed by atoms with Crippen LogP contribution in [0.1, 0.15) is 33.0 Å². The van der Waals surface area contributed by atoms with Gasteiger partial charge in [-0.3, -0.25) is 14.2 Å². The monoisotopic (exact) mass is 467 g/mol. The summed E-state index contributed by atoms with van der Waals surface area (Å²) in [5, 5.41) is 16.0. The van der Waals surface area contributed by atoms with E-state index in [2.05, 4.69) is 55.6 Å². The van der Waals surface area contributed by atoms with Crippen molar-refractivity contribution in [2.45, 2.75) is 34.0 Å². The second-order valence-corrected chi connectivity index (χ2v) is 7.97. The molecule has 0 radical (unpaired) electrons. The average Bonchev–Trinajstić information content (AvgIpc) is 3.42. The van der Waals surface area contributed by atoms with Crippen molar-refractivity contribution in [1.82, 2.24) is 29.3 Å². The number of benzene rings is 1. The Morgan fingerprint density at radius 2 is 1.90 bits per heavy atom. The highest BCUT2D eigenvalue weighted by Crippen LogP contribution is 2.19. The fourth-order valence-electron chi connectivity index (χ4n) is 3.18. The van der Waals surface area contributed by atoms with E-state index in [1.54, 1.807) is 27.8 Å². The van der Waals surface area contributed by atoms with Gasteiger partial charge in [0.05, 0.1) is 34.3 Å². The fraction of sp³-hybridized carbons (Fsp3) is 0.238. The van der Waals surface area contributed by atoms with Crippen LogP contribution in [0.2, 0.25) is 0 Å². The first-order valence-electron chi connectivity index (χ1n) is 9.52. The fourth-order valence-corrected chi connectivity index (χ4v) is 3.47. The Morgan fingerprint density at radius 3 is 2.63 bits per heavy atom. The summed E-state index contributed by atoms with van der Waals surface area (Å²) in [6, 6.07) is 9.86. The van der Waals surface area contributed by atoms with Crippen LogP contribution < -0.4 is 5.32 Å². The minimum atomic E-state index is -0.279. The summed E-state index contributed by atoms with van der Waals surface area (Å²) in [5.74, 6) is -0.279. The maximum Gasteiger partial charge on any atom is 0.276 e. The van der Waals surface area contributed by atoms with Crippen molar-refractivity contribution < 1.29 is 4.79 Å². The van der Waals surface area contributed by atoms with Crippen LogP contribution >= 0.6 is 15.9 Å². The Morgan fingerprint density at radius 1 is 1.10 bits per heavy atom. The second-order valence-electron chi connectivity index (χ2n) is 7.17. The van der Waals surface area contributed by atoms with Gasteiger partial charge in [0.1, 0.15) is 6.67 Å². The standard InChI is InChI=1S/C21H22BrN7O/c1-14-6-4-5-7-17(14)11-28-12-18(10-23-28)24-21(30)19-8-9-27(26-19)13-29-16(3)20(22)15(2)25-29/h4-10,12H,11,13H2,1-3H3,(H,24,30). The number of hydrogen-bond donors (Lipinski definition) is 1. The van der Waals surface area contributed by atoms with Gasteiger partial charge in [0.25, 0.3) is 5.91 Å². The van der Waals surface area contributed by atoms with Crippen LogP contribution in [-0.4, -0.2) is 35.2 Å². The number of carbonyl (C=O) groups excluding carboxylic acids is 1. The molecule has 1 N–H and O–H groups in total. The average molecular weight is 468 g/mol. The van der Waals surface area contributed by atoms with Crippen LogP contribution in [0.15, 0.2) is 53.4 Å². The number of amides is 1. The number of nitrogens with zero attached hydrogens (tertiary/aromatic N) is 6. The molecule has 0 unspecified atom stereocenters. The molecule has 0 atom stereocenters. The Hall–Kier alpha value is -3.20. The number of nitrogens with one attached hydrogen (secondary N) is 1. The van der Waals surface area contributed by atoms with Gasteiger partial charge in [0.2, 0.25) is 0 Å². The molecular formula is C21H22BrN7O. The maximum atomic E-state index is 12.6. The smallest absolute Gasteiger partial charge is 0.276 e. The molecule has 8 nitrogen and oxygen atoms in total. The van der Waals surface area contributed by atoms with Crippen LogP contribution in [0.4, 0.5) is 5.69 Å². The minimum absolute atomic E-state index is 0.279. The van der Waals surface area contributed by atoms with Crippen LogP contribution in [0.25, 0.3) is 0 Å². The predicted octanol–water partition coefficient (Wildman–Crippen LogP) is 3.77. The molecule has 0 aliphatic carbocycles. The molecular weight excluding hydrogens is 446 g/mol.